The van der Waals surface area contributed by atoms with Gasteiger partial charge in [-0.3, -0.25) is 14.9 Å². The number of nitrogens with zero attached hydrogens (tertiary/aromatic N) is 2. The summed E-state index contributed by atoms with van der Waals surface area (Å²) < 4.78 is 17.9. The number of rotatable bonds is 7. The molecule has 10 heteroatoms. The molecule has 4 rings (SSSR count). The number of carbonyl (C=O) groups excluding carboxylic acids is 2. The molecule has 0 aliphatic carbocycles. The van der Waals surface area contributed by atoms with Gasteiger partial charge in [-0.1, -0.05) is 17.7 Å². The summed E-state index contributed by atoms with van der Waals surface area (Å²) in [6.07, 6.45) is 0. The second-order valence-corrected chi connectivity index (χ2v) is 7.89. The van der Waals surface area contributed by atoms with Crippen LogP contribution in [-0.4, -0.2) is 34.6 Å². The molecule has 2 heterocycles. The number of aryl methyl sites for hydroxylation is 1. The van der Waals surface area contributed by atoms with Crippen LogP contribution < -0.4 is 9.47 Å². The zero-order chi connectivity index (χ0) is 23.7. The van der Waals surface area contributed by atoms with Gasteiger partial charge in [0.05, 0.1) is 15.5 Å². The Labute approximate surface area is 193 Å². The molecule has 170 valence electrons. The number of Topliss-reactive ketones (excluding diaryl/α,β-unsaturated/α-hetero) is 1. The topological polar surface area (TPSA) is 110 Å². The second kappa shape index (κ2) is 8.95. The summed E-state index contributed by atoms with van der Waals surface area (Å²) in [6.45, 7) is 3.95. The minimum Gasteiger partial charge on any atom is -0.454 e. The number of ether oxygens (including phenoxy) is 3. The van der Waals surface area contributed by atoms with Crippen LogP contribution in [-0.2, 0) is 11.3 Å². The van der Waals surface area contributed by atoms with Crippen molar-refractivity contribution in [3.05, 3.63) is 85.7 Å². The van der Waals surface area contributed by atoms with E-state index in [2.05, 4.69) is 0 Å². The lowest BCUT2D eigenvalue weighted by molar-refractivity contribution is -0.384. The Balaban J connectivity index is 1.45. The first kappa shape index (κ1) is 22.3. The van der Waals surface area contributed by atoms with E-state index in [0.717, 1.165) is 29.1 Å². The van der Waals surface area contributed by atoms with E-state index in [4.69, 9.17) is 25.8 Å². The third-order valence-electron chi connectivity index (χ3n) is 5.37. The molecule has 1 aromatic heterocycles. The first-order valence-electron chi connectivity index (χ1n) is 9.94. The van der Waals surface area contributed by atoms with Gasteiger partial charge in [-0.15, -0.1) is 0 Å². The standard InChI is InChI=1S/C23H19ClN2O7/c1-13-7-18(14(2)25(13)10-15-3-6-21-22(8-15)33-12-32-21)20(27)11-31-23(28)17-5-4-16(26(29)30)9-19(17)24/h3-9H,10-12H2,1-2H3. The largest absolute Gasteiger partial charge is 0.454 e. The predicted molar refractivity (Wildman–Crippen MR) is 118 cm³/mol. The Kier molecular flexibility index (Phi) is 6.06. The van der Waals surface area contributed by atoms with Crippen LogP contribution in [0.2, 0.25) is 5.02 Å². The lowest BCUT2D eigenvalue weighted by Gasteiger charge is -2.11. The highest BCUT2D eigenvalue weighted by Gasteiger charge is 2.21. The normalized spacial score (nSPS) is 12.0. The first-order valence-corrected chi connectivity index (χ1v) is 10.3. The van der Waals surface area contributed by atoms with Crippen molar-refractivity contribution in [1.29, 1.82) is 0 Å². The molecular formula is C23H19ClN2O7. The summed E-state index contributed by atoms with van der Waals surface area (Å²) >= 11 is 5.95. The minimum absolute atomic E-state index is 0.0525. The molecule has 2 aromatic carbocycles. The van der Waals surface area contributed by atoms with Crippen LogP contribution >= 0.6 is 11.6 Å². The zero-order valence-electron chi connectivity index (χ0n) is 17.8. The lowest BCUT2D eigenvalue weighted by Crippen LogP contribution is -2.15. The maximum absolute atomic E-state index is 12.8. The highest BCUT2D eigenvalue weighted by atomic mass is 35.5. The molecule has 1 aliphatic heterocycles. The lowest BCUT2D eigenvalue weighted by atomic mass is 10.1. The van der Waals surface area contributed by atoms with Crippen LogP contribution in [0.15, 0.2) is 42.5 Å². The number of aromatic nitrogens is 1. The van der Waals surface area contributed by atoms with Crippen molar-refractivity contribution in [2.24, 2.45) is 0 Å². The molecule has 9 nitrogen and oxygen atoms in total. The van der Waals surface area contributed by atoms with E-state index in [-0.39, 0.29) is 28.8 Å². The minimum atomic E-state index is -0.836. The maximum Gasteiger partial charge on any atom is 0.340 e. The fourth-order valence-electron chi connectivity index (χ4n) is 3.62. The second-order valence-electron chi connectivity index (χ2n) is 7.48. The molecule has 0 N–H and O–H groups in total. The highest BCUT2D eigenvalue weighted by molar-refractivity contribution is 6.33. The number of nitro groups is 1. The molecule has 3 aromatic rings. The molecule has 0 bridgehead atoms. The summed E-state index contributed by atoms with van der Waals surface area (Å²) in [6, 6.07) is 10.8. The van der Waals surface area contributed by atoms with Gasteiger partial charge in [-0.2, -0.15) is 0 Å². The van der Waals surface area contributed by atoms with Gasteiger partial charge in [0.2, 0.25) is 12.6 Å². The average molecular weight is 471 g/mol. The summed E-state index contributed by atoms with van der Waals surface area (Å²) in [5.41, 5.74) is 2.74. The molecule has 0 radical (unpaired) electrons. The van der Waals surface area contributed by atoms with Crippen molar-refractivity contribution in [2.75, 3.05) is 13.4 Å². The smallest absolute Gasteiger partial charge is 0.340 e. The number of ketones is 1. The van der Waals surface area contributed by atoms with Crippen LogP contribution in [0.25, 0.3) is 0 Å². The van der Waals surface area contributed by atoms with Crippen molar-refractivity contribution in [3.63, 3.8) is 0 Å². The maximum atomic E-state index is 12.8. The zero-order valence-corrected chi connectivity index (χ0v) is 18.5. The molecule has 1 aliphatic rings. The number of hydrogen-bond donors (Lipinski definition) is 0. The van der Waals surface area contributed by atoms with Crippen LogP contribution in [0.5, 0.6) is 11.5 Å². The van der Waals surface area contributed by atoms with Gasteiger partial charge in [0.1, 0.15) is 0 Å². The number of carbonyl (C=O) groups is 2. The first-order chi connectivity index (χ1) is 15.7. The monoisotopic (exact) mass is 470 g/mol. The molecule has 0 unspecified atom stereocenters. The third-order valence-corrected chi connectivity index (χ3v) is 5.68. The van der Waals surface area contributed by atoms with Gasteiger partial charge in [-0.25, -0.2) is 4.79 Å². The Morgan fingerprint density at radius 3 is 2.58 bits per heavy atom. The summed E-state index contributed by atoms with van der Waals surface area (Å²) in [4.78, 5) is 35.3. The van der Waals surface area contributed by atoms with Crippen LogP contribution in [0.1, 0.15) is 37.7 Å². The van der Waals surface area contributed by atoms with Crippen molar-refractivity contribution in [1.82, 2.24) is 4.57 Å². The number of non-ortho nitro benzene ring substituents is 1. The Morgan fingerprint density at radius 1 is 1.09 bits per heavy atom. The Morgan fingerprint density at radius 2 is 1.85 bits per heavy atom. The van der Waals surface area contributed by atoms with Gasteiger partial charge in [-0.05, 0) is 43.7 Å². The summed E-state index contributed by atoms with van der Waals surface area (Å²) in [5.74, 6) is 0.178. The van der Waals surface area contributed by atoms with Crippen LogP contribution in [0.3, 0.4) is 0 Å². The van der Waals surface area contributed by atoms with Gasteiger partial charge in [0.25, 0.3) is 5.69 Å². The van der Waals surface area contributed by atoms with E-state index in [9.17, 15) is 19.7 Å². The molecule has 0 atom stereocenters. The van der Waals surface area contributed by atoms with Gasteiger partial charge in [0, 0.05) is 35.6 Å². The van der Waals surface area contributed by atoms with Crippen molar-refractivity contribution >= 4 is 29.0 Å². The summed E-state index contributed by atoms with van der Waals surface area (Å²) in [5, 5.41) is 10.7. The number of fused-ring (bicyclic) bond motifs is 1. The molecule has 0 amide bonds. The van der Waals surface area contributed by atoms with Crippen LogP contribution in [0.4, 0.5) is 5.69 Å². The van der Waals surface area contributed by atoms with Crippen molar-refractivity contribution in [2.45, 2.75) is 20.4 Å². The van der Waals surface area contributed by atoms with Crippen molar-refractivity contribution < 1.29 is 28.7 Å². The number of halogens is 1. The van der Waals surface area contributed by atoms with E-state index >= 15 is 0 Å². The molecule has 33 heavy (non-hydrogen) atoms. The van der Waals surface area contributed by atoms with Crippen LogP contribution in [0, 0.1) is 24.0 Å². The predicted octanol–water partition coefficient (Wildman–Crippen LogP) is 4.48. The number of esters is 1. The third kappa shape index (κ3) is 4.54. The molecule has 0 fully saturated rings. The fourth-order valence-corrected chi connectivity index (χ4v) is 3.87. The Hall–Kier alpha value is -3.85. The average Bonchev–Trinajstić information content (AvgIpc) is 3.36. The van der Waals surface area contributed by atoms with Gasteiger partial charge < -0.3 is 18.8 Å². The SMILES string of the molecule is Cc1cc(C(=O)COC(=O)c2ccc([N+](=O)[O-])cc2Cl)c(C)n1Cc1ccc2c(c1)OCO2. The van der Waals surface area contributed by atoms with E-state index in [1.807, 2.05) is 36.6 Å². The number of nitro benzene ring substituents is 1. The van der Waals surface area contributed by atoms with Gasteiger partial charge >= 0.3 is 5.97 Å². The molecule has 0 spiro atoms. The van der Waals surface area contributed by atoms with E-state index in [0.29, 0.717) is 23.6 Å². The molecule has 0 saturated heterocycles. The molecule has 0 saturated carbocycles. The quantitative estimate of drug-likeness (QED) is 0.216. The van der Waals surface area contributed by atoms with E-state index in [1.165, 1.54) is 6.07 Å². The van der Waals surface area contributed by atoms with Gasteiger partial charge in [0.15, 0.2) is 18.1 Å². The summed E-state index contributed by atoms with van der Waals surface area (Å²) in [7, 11) is 0. The number of hydrogen-bond acceptors (Lipinski definition) is 7. The highest BCUT2D eigenvalue weighted by Crippen LogP contribution is 2.33. The van der Waals surface area contributed by atoms with Crippen molar-refractivity contribution in [3.8, 4) is 11.5 Å². The molecular weight excluding hydrogens is 452 g/mol. The fraction of sp³-hybridized carbons (Fsp3) is 0.217. The van der Waals surface area contributed by atoms with E-state index in [1.54, 1.807) is 6.07 Å². The number of benzene rings is 2. The van der Waals surface area contributed by atoms with E-state index < -0.39 is 17.5 Å². The Bertz CT molecular complexity index is 1280.